The average Bonchev–Trinajstić information content (AvgIpc) is 2.42. The zero-order chi connectivity index (χ0) is 12.8. The maximum Gasteiger partial charge on any atom is 0.231 e. The van der Waals surface area contributed by atoms with E-state index in [0.717, 1.165) is 11.4 Å². The largest absolute Gasteiger partial charge is 0.477 e. The minimum atomic E-state index is 0.374. The number of rotatable bonds is 4. The fourth-order valence-electron chi connectivity index (χ4n) is 1.54. The van der Waals surface area contributed by atoms with Crippen LogP contribution < -0.4 is 10.1 Å². The van der Waals surface area contributed by atoms with Crippen LogP contribution in [0.3, 0.4) is 0 Å². The second-order valence-electron chi connectivity index (χ2n) is 3.61. The molecule has 1 N–H and O–H groups in total. The SMILES string of the molecule is CCOc1ncc(Nc2ccccc2)cc1C#N. The third-order valence-corrected chi connectivity index (χ3v) is 2.32. The topological polar surface area (TPSA) is 57.9 Å². The van der Waals surface area contributed by atoms with Crippen molar-refractivity contribution < 1.29 is 4.74 Å². The minimum absolute atomic E-state index is 0.374. The lowest BCUT2D eigenvalue weighted by Crippen LogP contribution is -1.99. The summed E-state index contributed by atoms with van der Waals surface area (Å²) >= 11 is 0. The fraction of sp³-hybridized carbons (Fsp3) is 0.143. The lowest BCUT2D eigenvalue weighted by molar-refractivity contribution is 0.326. The van der Waals surface area contributed by atoms with E-state index in [1.165, 1.54) is 0 Å². The van der Waals surface area contributed by atoms with Gasteiger partial charge in [-0.3, -0.25) is 0 Å². The molecule has 4 heteroatoms. The van der Waals surface area contributed by atoms with Gasteiger partial charge in [-0.1, -0.05) is 18.2 Å². The molecule has 90 valence electrons. The van der Waals surface area contributed by atoms with Gasteiger partial charge < -0.3 is 10.1 Å². The molecule has 0 atom stereocenters. The van der Waals surface area contributed by atoms with E-state index in [0.29, 0.717) is 18.1 Å². The van der Waals surface area contributed by atoms with E-state index in [1.54, 1.807) is 12.3 Å². The van der Waals surface area contributed by atoms with Crippen molar-refractivity contribution in [1.82, 2.24) is 4.98 Å². The van der Waals surface area contributed by atoms with Crippen molar-refractivity contribution in [3.63, 3.8) is 0 Å². The van der Waals surface area contributed by atoms with E-state index < -0.39 is 0 Å². The summed E-state index contributed by atoms with van der Waals surface area (Å²) in [5, 5.41) is 12.2. The predicted octanol–water partition coefficient (Wildman–Crippen LogP) is 3.10. The number of nitrogens with zero attached hydrogens (tertiary/aromatic N) is 2. The molecular formula is C14H13N3O. The van der Waals surface area contributed by atoms with Crippen molar-refractivity contribution in [1.29, 1.82) is 5.26 Å². The zero-order valence-electron chi connectivity index (χ0n) is 10.1. The zero-order valence-corrected chi connectivity index (χ0v) is 10.1. The van der Waals surface area contributed by atoms with Gasteiger partial charge in [0, 0.05) is 5.69 Å². The van der Waals surface area contributed by atoms with Gasteiger partial charge in [-0.25, -0.2) is 4.98 Å². The second kappa shape index (κ2) is 5.69. The molecule has 0 saturated heterocycles. The summed E-state index contributed by atoms with van der Waals surface area (Å²) in [7, 11) is 0. The summed E-state index contributed by atoms with van der Waals surface area (Å²) in [5.74, 6) is 0.374. The summed E-state index contributed by atoms with van der Waals surface area (Å²) in [6.07, 6.45) is 1.65. The first-order valence-electron chi connectivity index (χ1n) is 5.68. The van der Waals surface area contributed by atoms with E-state index in [4.69, 9.17) is 10.00 Å². The number of para-hydroxylation sites is 1. The highest BCUT2D eigenvalue weighted by Crippen LogP contribution is 2.21. The van der Waals surface area contributed by atoms with Gasteiger partial charge in [0.1, 0.15) is 11.6 Å². The van der Waals surface area contributed by atoms with Crippen molar-refractivity contribution in [2.75, 3.05) is 11.9 Å². The lowest BCUT2D eigenvalue weighted by atomic mass is 10.2. The Labute approximate surface area is 106 Å². The van der Waals surface area contributed by atoms with Crippen LogP contribution in [0.5, 0.6) is 5.88 Å². The molecule has 0 radical (unpaired) electrons. The van der Waals surface area contributed by atoms with Crippen LogP contribution in [0.4, 0.5) is 11.4 Å². The Kier molecular flexibility index (Phi) is 3.77. The molecule has 0 aliphatic rings. The van der Waals surface area contributed by atoms with Gasteiger partial charge in [0.25, 0.3) is 0 Å². The van der Waals surface area contributed by atoms with Crippen molar-refractivity contribution in [3.8, 4) is 11.9 Å². The highest BCUT2D eigenvalue weighted by atomic mass is 16.5. The fourth-order valence-corrected chi connectivity index (χ4v) is 1.54. The molecular weight excluding hydrogens is 226 g/mol. The highest BCUT2D eigenvalue weighted by Gasteiger charge is 2.06. The summed E-state index contributed by atoms with van der Waals surface area (Å²) < 4.78 is 5.27. The molecule has 2 aromatic rings. The van der Waals surface area contributed by atoms with Crippen molar-refractivity contribution >= 4 is 11.4 Å². The Bertz CT molecular complexity index is 561. The molecule has 0 saturated carbocycles. The molecule has 0 fully saturated rings. The Morgan fingerprint density at radius 3 is 2.72 bits per heavy atom. The molecule has 18 heavy (non-hydrogen) atoms. The molecule has 2 rings (SSSR count). The van der Waals surface area contributed by atoms with Crippen LogP contribution in [0, 0.1) is 11.3 Å². The standard InChI is InChI=1S/C14H13N3O/c1-2-18-14-11(9-15)8-13(10-16-14)17-12-6-4-3-5-7-12/h3-8,10,17H,2H2,1H3. The number of anilines is 2. The van der Waals surface area contributed by atoms with Gasteiger partial charge in [0.2, 0.25) is 5.88 Å². The van der Waals surface area contributed by atoms with E-state index >= 15 is 0 Å². The number of nitrogens with one attached hydrogen (secondary N) is 1. The molecule has 0 aliphatic carbocycles. The molecule has 0 unspecified atom stereocenters. The number of benzene rings is 1. The smallest absolute Gasteiger partial charge is 0.231 e. The van der Waals surface area contributed by atoms with Gasteiger partial charge in [-0.05, 0) is 25.1 Å². The first kappa shape index (κ1) is 11.9. The average molecular weight is 239 g/mol. The maximum atomic E-state index is 9.04. The van der Waals surface area contributed by atoms with E-state index in [1.807, 2.05) is 37.3 Å². The molecule has 4 nitrogen and oxygen atoms in total. The van der Waals surface area contributed by atoms with Gasteiger partial charge in [-0.15, -0.1) is 0 Å². The normalized spacial score (nSPS) is 9.56. The van der Waals surface area contributed by atoms with Crippen LogP contribution in [-0.2, 0) is 0 Å². The highest BCUT2D eigenvalue weighted by molar-refractivity contribution is 5.61. The van der Waals surface area contributed by atoms with Crippen LogP contribution in [0.2, 0.25) is 0 Å². The lowest BCUT2D eigenvalue weighted by Gasteiger charge is -2.08. The number of ether oxygens (including phenoxy) is 1. The van der Waals surface area contributed by atoms with Gasteiger partial charge in [-0.2, -0.15) is 5.26 Å². The summed E-state index contributed by atoms with van der Waals surface area (Å²) in [6, 6.07) is 13.5. The van der Waals surface area contributed by atoms with Crippen LogP contribution in [-0.4, -0.2) is 11.6 Å². The number of aromatic nitrogens is 1. The monoisotopic (exact) mass is 239 g/mol. The maximum absolute atomic E-state index is 9.04. The van der Waals surface area contributed by atoms with E-state index in [2.05, 4.69) is 16.4 Å². The Balaban J connectivity index is 2.23. The minimum Gasteiger partial charge on any atom is -0.477 e. The van der Waals surface area contributed by atoms with Crippen molar-refractivity contribution in [3.05, 3.63) is 48.2 Å². The Hall–Kier alpha value is -2.54. The number of hydrogen-bond donors (Lipinski definition) is 1. The molecule has 1 heterocycles. The summed E-state index contributed by atoms with van der Waals surface area (Å²) in [6.45, 7) is 2.35. The van der Waals surface area contributed by atoms with Gasteiger partial charge in [0.05, 0.1) is 18.5 Å². The number of hydrogen-bond acceptors (Lipinski definition) is 4. The van der Waals surface area contributed by atoms with Crippen molar-refractivity contribution in [2.24, 2.45) is 0 Å². The van der Waals surface area contributed by atoms with Gasteiger partial charge >= 0.3 is 0 Å². The number of pyridine rings is 1. The van der Waals surface area contributed by atoms with Crippen molar-refractivity contribution in [2.45, 2.75) is 6.92 Å². The Morgan fingerprint density at radius 1 is 1.28 bits per heavy atom. The van der Waals surface area contributed by atoms with E-state index in [-0.39, 0.29) is 0 Å². The molecule has 1 aromatic heterocycles. The summed E-state index contributed by atoms with van der Waals surface area (Å²) in [5.41, 5.74) is 2.14. The quantitative estimate of drug-likeness (QED) is 0.890. The van der Waals surface area contributed by atoms with Crippen LogP contribution >= 0.6 is 0 Å². The Morgan fingerprint density at radius 2 is 2.06 bits per heavy atom. The summed E-state index contributed by atoms with van der Waals surface area (Å²) in [4.78, 5) is 4.13. The predicted molar refractivity (Wildman–Crippen MR) is 69.8 cm³/mol. The molecule has 0 bridgehead atoms. The molecule has 0 spiro atoms. The number of nitriles is 1. The molecule has 0 amide bonds. The van der Waals surface area contributed by atoms with Crippen LogP contribution in [0.25, 0.3) is 0 Å². The van der Waals surface area contributed by atoms with Crippen LogP contribution in [0.15, 0.2) is 42.6 Å². The third-order valence-electron chi connectivity index (χ3n) is 2.32. The first-order chi connectivity index (χ1) is 8.83. The van der Waals surface area contributed by atoms with Gasteiger partial charge in [0.15, 0.2) is 0 Å². The first-order valence-corrected chi connectivity index (χ1v) is 5.68. The molecule has 1 aromatic carbocycles. The van der Waals surface area contributed by atoms with E-state index in [9.17, 15) is 0 Å². The second-order valence-corrected chi connectivity index (χ2v) is 3.61. The molecule has 0 aliphatic heterocycles. The third kappa shape index (κ3) is 2.77. The van der Waals surface area contributed by atoms with Crippen LogP contribution in [0.1, 0.15) is 12.5 Å².